The topological polar surface area (TPSA) is 66.4 Å². The second kappa shape index (κ2) is 7.75. The van der Waals surface area contributed by atoms with Crippen LogP contribution >= 0.6 is 11.5 Å². The fourth-order valence-corrected chi connectivity index (χ4v) is 5.61. The van der Waals surface area contributed by atoms with E-state index in [1.807, 2.05) is 12.1 Å². The monoisotopic (exact) mass is 406 g/mol. The van der Waals surface area contributed by atoms with Crippen LogP contribution in [0, 0.1) is 11.8 Å². The van der Waals surface area contributed by atoms with Gasteiger partial charge in [0.25, 0.3) is 0 Å². The zero-order valence-corrected chi connectivity index (χ0v) is 17.3. The molecule has 0 unspecified atom stereocenters. The van der Waals surface area contributed by atoms with Crippen molar-refractivity contribution < 1.29 is 8.42 Å². The third-order valence-electron chi connectivity index (χ3n) is 6.00. The molecule has 0 bridgehead atoms. The van der Waals surface area contributed by atoms with Gasteiger partial charge in [-0.25, -0.2) is 13.4 Å². The predicted octanol–water partition coefficient (Wildman–Crippen LogP) is 3.07. The maximum Gasteiger partial charge on any atom is 0.204 e. The van der Waals surface area contributed by atoms with Crippen LogP contribution in [0.5, 0.6) is 0 Å². The predicted molar refractivity (Wildman–Crippen MR) is 109 cm³/mol. The van der Waals surface area contributed by atoms with E-state index in [0.717, 1.165) is 48.8 Å². The lowest BCUT2D eigenvalue weighted by Gasteiger charge is -2.40. The first kappa shape index (κ1) is 18.7. The molecule has 1 aromatic carbocycles. The Morgan fingerprint density at radius 1 is 0.926 bits per heavy atom. The SMILES string of the molecule is CS(=O)(=O)c1ccc(N2CCC(C3CCN(c4ncns4)CC3)CC2)cc1. The lowest BCUT2D eigenvalue weighted by atomic mass is 9.79. The quantitative estimate of drug-likeness (QED) is 0.777. The van der Waals surface area contributed by atoms with Crippen LogP contribution in [-0.2, 0) is 9.84 Å². The molecule has 3 heterocycles. The number of aromatic nitrogens is 2. The van der Waals surface area contributed by atoms with E-state index in [1.54, 1.807) is 18.5 Å². The van der Waals surface area contributed by atoms with Crippen LogP contribution < -0.4 is 9.80 Å². The summed E-state index contributed by atoms with van der Waals surface area (Å²) < 4.78 is 27.3. The average Bonchev–Trinajstić information content (AvgIpc) is 3.23. The van der Waals surface area contributed by atoms with E-state index in [4.69, 9.17) is 0 Å². The molecule has 4 rings (SSSR count). The molecule has 27 heavy (non-hydrogen) atoms. The number of hydrogen-bond acceptors (Lipinski definition) is 7. The molecule has 146 valence electrons. The molecular formula is C19H26N4O2S2. The second-order valence-corrected chi connectivity index (χ2v) is 10.4. The highest BCUT2D eigenvalue weighted by atomic mass is 32.2. The molecule has 2 aromatic rings. The van der Waals surface area contributed by atoms with Gasteiger partial charge in [-0.3, -0.25) is 0 Å². The number of piperidine rings is 2. The van der Waals surface area contributed by atoms with Crippen LogP contribution in [0.4, 0.5) is 10.8 Å². The molecule has 0 atom stereocenters. The number of benzene rings is 1. The molecule has 2 aliphatic rings. The normalized spacial score (nSPS) is 20.2. The Hall–Kier alpha value is -1.67. The van der Waals surface area contributed by atoms with Crippen molar-refractivity contribution in [3.63, 3.8) is 0 Å². The zero-order chi connectivity index (χ0) is 18.9. The number of hydrogen-bond donors (Lipinski definition) is 0. The van der Waals surface area contributed by atoms with Gasteiger partial charge in [0.2, 0.25) is 5.13 Å². The summed E-state index contributed by atoms with van der Waals surface area (Å²) in [6.07, 6.45) is 7.82. The third kappa shape index (κ3) is 4.27. The van der Waals surface area contributed by atoms with Gasteiger partial charge in [-0.1, -0.05) is 0 Å². The Labute approximate surface area is 165 Å². The van der Waals surface area contributed by atoms with Gasteiger partial charge in [0.1, 0.15) is 6.33 Å². The lowest BCUT2D eigenvalue weighted by molar-refractivity contribution is 0.233. The molecule has 0 radical (unpaired) electrons. The molecule has 0 N–H and O–H groups in total. The lowest BCUT2D eigenvalue weighted by Crippen LogP contribution is -2.40. The van der Waals surface area contributed by atoms with E-state index in [0.29, 0.717) is 4.90 Å². The Morgan fingerprint density at radius 2 is 1.48 bits per heavy atom. The van der Waals surface area contributed by atoms with E-state index >= 15 is 0 Å². The minimum absolute atomic E-state index is 0.392. The maximum atomic E-state index is 11.6. The van der Waals surface area contributed by atoms with Gasteiger partial charge >= 0.3 is 0 Å². The van der Waals surface area contributed by atoms with Crippen molar-refractivity contribution in [2.24, 2.45) is 11.8 Å². The molecular weight excluding hydrogens is 380 g/mol. The van der Waals surface area contributed by atoms with Gasteiger partial charge < -0.3 is 9.80 Å². The van der Waals surface area contributed by atoms with Crippen molar-refractivity contribution in [3.8, 4) is 0 Å². The summed E-state index contributed by atoms with van der Waals surface area (Å²) in [5.41, 5.74) is 1.13. The molecule has 2 saturated heterocycles. The highest BCUT2D eigenvalue weighted by molar-refractivity contribution is 7.90. The van der Waals surface area contributed by atoms with Crippen molar-refractivity contribution in [1.29, 1.82) is 0 Å². The summed E-state index contributed by atoms with van der Waals surface area (Å²) in [4.78, 5) is 9.48. The van der Waals surface area contributed by atoms with Crippen molar-refractivity contribution >= 4 is 32.2 Å². The van der Waals surface area contributed by atoms with Gasteiger partial charge in [-0.15, -0.1) is 0 Å². The van der Waals surface area contributed by atoms with Crippen LogP contribution in [0.15, 0.2) is 35.5 Å². The van der Waals surface area contributed by atoms with Crippen molar-refractivity contribution in [2.75, 3.05) is 42.2 Å². The molecule has 2 aliphatic heterocycles. The van der Waals surface area contributed by atoms with Gasteiger partial charge in [0.05, 0.1) is 4.90 Å². The average molecular weight is 407 g/mol. The summed E-state index contributed by atoms with van der Waals surface area (Å²) in [6, 6.07) is 7.33. The van der Waals surface area contributed by atoms with E-state index in [9.17, 15) is 8.42 Å². The minimum atomic E-state index is -3.12. The van der Waals surface area contributed by atoms with E-state index in [-0.39, 0.29) is 0 Å². The fourth-order valence-electron chi connectivity index (χ4n) is 4.40. The number of anilines is 2. The Morgan fingerprint density at radius 3 is 1.96 bits per heavy atom. The first-order valence-corrected chi connectivity index (χ1v) is 12.2. The molecule has 0 aliphatic carbocycles. The zero-order valence-electron chi connectivity index (χ0n) is 15.6. The van der Waals surface area contributed by atoms with Crippen molar-refractivity contribution in [3.05, 3.63) is 30.6 Å². The summed E-state index contributed by atoms with van der Waals surface area (Å²) in [6.45, 7) is 4.29. The molecule has 6 nitrogen and oxygen atoms in total. The number of rotatable bonds is 4. The van der Waals surface area contributed by atoms with Gasteiger partial charge in [0, 0.05) is 49.7 Å². The largest absolute Gasteiger partial charge is 0.372 e. The summed E-state index contributed by atoms with van der Waals surface area (Å²) >= 11 is 1.49. The van der Waals surface area contributed by atoms with Gasteiger partial charge in [0.15, 0.2) is 9.84 Å². The Bertz CT molecular complexity index is 836. The molecule has 1 aromatic heterocycles. The molecule has 8 heteroatoms. The molecule has 0 amide bonds. The molecule has 2 fully saturated rings. The third-order valence-corrected chi connectivity index (χ3v) is 7.85. The van der Waals surface area contributed by atoms with E-state index in [2.05, 4.69) is 19.2 Å². The van der Waals surface area contributed by atoms with Gasteiger partial charge in [-0.2, -0.15) is 4.37 Å². The fraction of sp³-hybridized carbons (Fsp3) is 0.579. The van der Waals surface area contributed by atoms with Crippen LogP contribution in [0.25, 0.3) is 0 Å². The number of sulfone groups is 1. The van der Waals surface area contributed by atoms with Crippen molar-refractivity contribution in [1.82, 2.24) is 9.36 Å². The highest BCUT2D eigenvalue weighted by Gasteiger charge is 2.30. The second-order valence-electron chi connectivity index (χ2n) is 7.64. The van der Waals surface area contributed by atoms with Gasteiger partial charge in [-0.05, 0) is 61.8 Å². The molecule has 0 saturated carbocycles. The van der Waals surface area contributed by atoms with Crippen molar-refractivity contribution in [2.45, 2.75) is 30.6 Å². The standard InChI is InChI=1S/C19H26N4O2S2/c1-27(24,25)18-4-2-17(3-5-18)22-10-6-15(7-11-22)16-8-12-23(13-9-16)19-20-14-21-26-19/h2-5,14-16H,6-13H2,1H3. The van der Waals surface area contributed by atoms with E-state index < -0.39 is 9.84 Å². The van der Waals surface area contributed by atoms with Crippen LogP contribution in [0.2, 0.25) is 0 Å². The van der Waals surface area contributed by atoms with Crippen LogP contribution in [-0.4, -0.2) is 50.2 Å². The first-order chi connectivity index (χ1) is 13.0. The van der Waals surface area contributed by atoms with Crippen LogP contribution in [0.1, 0.15) is 25.7 Å². The smallest absolute Gasteiger partial charge is 0.204 e. The summed E-state index contributed by atoms with van der Waals surface area (Å²) in [5.74, 6) is 1.61. The summed E-state index contributed by atoms with van der Waals surface area (Å²) in [7, 11) is -3.12. The maximum absolute atomic E-state index is 11.6. The first-order valence-electron chi connectivity index (χ1n) is 9.57. The molecule has 0 spiro atoms. The highest BCUT2D eigenvalue weighted by Crippen LogP contribution is 2.35. The van der Waals surface area contributed by atoms with E-state index in [1.165, 1.54) is 43.5 Å². The summed E-state index contributed by atoms with van der Waals surface area (Å²) in [5, 5.41) is 1.06. The Kier molecular flexibility index (Phi) is 5.36. The minimum Gasteiger partial charge on any atom is -0.372 e. The number of nitrogens with zero attached hydrogens (tertiary/aromatic N) is 4. The van der Waals surface area contributed by atoms with Crippen LogP contribution in [0.3, 0.4) is 0 Å². The Balaban J connectivity index is 1.29.